The number of furan rings is 1. The van der Waals surface area contributed by atoms with Crippen LogP contribution in [-0.4, -0.2) is 52.0 Å². The molecule has 178 valence electrons. The number of anilines is 1. The summed E-state index contributed by atoms with van der Waals surface area (Å²) in [5.74, 6) is 0.709. The number of amides is 1. The average Bonchev–Trinajstić information content (AvgIpc) is 3.57. The van der Waals surface area contributed by atoms with Crippen LogP contribution in [0.15, 0.2) is 59.3 Å². The largest absolute Gasteiger partial charge is 0.461 e. The molecule has 1 saturated carbocycles. The molecular weight excluding hydrogens is 448 g/mol. The lowest BCUT2D eigenvalue weighted by molar-refractivity contribution is -0.131. The Morgan fingerprint density at radius 1 is 1.20 bits per heavy atom. The molecule has 0 saturated heterocycles. The first-order valence-electron chi connectivity index (χ1n) is 11.3. The number of hydrogen-bond donors (Lipinski definition) is 3. The summed E-state index contributed by atoms with van der Waals surface area (Å²) >= 11 is 0. The number of nitrogen functional groups attached to an aromatic ring is 1. The summed E-state index contributed by atoms with van der Waals surface area (Å²) in [4.78, 5) is 22.9. The Hall–Kier alpha value is -4.25. The highest BCUT2D eigenvalue weighted by Gasteiger charge is 2.45. The molecule has 0 aliphatic heterocycles. The van der Waals surface area contributed by atoms with Gasteiger partial charge in [-0.25, -0.2) is 9.67 Å². The minimum absolute atomic E-state index is 0.102. The Morgan fingerprint density at radius 3 is 2.66 bits per heavy atom. The molecule has 0 bridgehead atoms. The van der Waals surface area contributed by atoms with Gasteiger partial charge in [0, 0.05) is 6.04 Å². The molecule has 1 aliphatic rings. The molecule has 5 aromatic rings. The van der Waals surface area contributed by atoms with E-state index in [0.717, 1.165) is 5.56 Å². The normalized spacial score (nSPS) is 21.6. The zero-order chi connectivity index (χ0) is 24.4. The molecule has 1 unspecified atom stereocenters. The molecule has 1 amide bonds. The van der Waals surface area contributed by atoms with E-state index < -0.39 is 11.1 Å². The summed E-state index contributed by atoms with van der Waals surface area (Å²) in [6, 6.07) is 12.8. The highest BCUT2D eigenvalue weighted by Crippen LogP contribution is 2.35. The fourth-order valence-corrected chi connectivity index (χ4v) is 4.79. The van der Waals surface area contributed by atoms with Gasteiger partial charge >= 0.3 is 0 Å². The van der Waals surface area contributed by atoms with Gasteiger partial charge in [-0.3, -0.25) is 4.79 Å². The standard InChI is InChI=1S/C24H24N8O3/c1-23(34)11-15(12-23)27-21(33)24(2,14-7-4-3-5-8-14)32-20-16(13-26-32)19-28-18(17-9-6-10-35-17)30-31(19)22(25)29-20/h3-10,13,15,34H,11-12H2,1-2H3,(H2,25,29)(H,27,33). The summed E-state index contributed by atoms with van der Waals surface area (Å²) in [5, 5.41) is 22.8. The van der Waals surface area contributed by atoms with E-state index in [1.54, 1.807) is 43.1 Å². The molecule has 35 heavy (non-hydrogen) atoms. The number of nitrogens with two attached hydrogens (primary N) is 1. The maximum Gasteiger partial charge on any atom is 0.252 e. The predicted molar refractivity (Wildman–Crippen MR) is 127 cm³/mol. The van der Waals surface area contributed by atoms with E-state index in [1.807, 2.05) is 30.3 Å². The Morgan fingerprint density at radius 2 is 1.97 bits per heavy atom. The zero-order valence-corrected chi connectivity index (χ0v) is 19.2. The molecule has 4 heterocycles. The van der Waals surface area contributed by atoms with Gasteiger partial charge in [-0.1, -0.05) is 30.3 Å². The minimum atomic E-state index is -1.24. The molecule has 0 radical (unpaired) electrons. The van der Waals surface area contributed by atoms with Crippen LogP contribution in [0.5, 0.6) is 0 Å². The molecule has 1 atom stereocenters. The Bertz CT molecular complexity index is 1550. The fraction of sp³-hybridized carbons (Fsp3) is 0.292. The minimum Gasteiger partial charge on any atom is -0.461 e. The van der Waals surface area contributed by atoms with Crippen molar-refractivity contribution in [2.45, 2.75) is 43.9 Å². The van der Waals surface area contributed by atoms with Crippen molar-refractivity contribution in [2.75, 3.05) is 5.73 Å². The molecule has 0 spiro atoms. The number of nitrogens with zero attached hydrogens (tertiary/aromatic N) is 6. The Labute approximate surface area is 199 Å². The molecule has 1 aromatic carbocycles. The third-order valence-electron chi connectivity index (χ3n) is 6.68. The lowest BCUT2D eigenvalue weighted by atomic mass is 9.76. The monoisotopic (exact) mass is 472 g/mol. The molecule has 11 nitrogen and oxygen atoms in total. The van der Waals surface area contributed by atoms with Gasteiger partial charge in [-0.15, -0.1) is 5.10 Å². The van der Waals surface area contributed by atoms with Crippen LogP contribution >= 0.6 is 0 Å². The fourth-order valence-electron chi connectivity index (χ4n) is 4.79. The van der Waals surface area contributed by atoms with Crippen molar-refractivity contribution in [1.29, 1.82) is 0 Å². The number of aliphatic hydroxyl groups is 1. The Balaban J connectivity index is 1.50. The van der Waals surface area contributed by atoms with Crippen molar-refractivity contribution in [3.05, 3.63) is 60.5 Å². The van der Waals surface area contributed by atoms with Crippen LogP contribution in [0.2, 0.25) is 0 Å². The van der Waals surface area contributed by atoms with E-state index in [2.05, 4.69) is 25.5 Å². The van der Waals surface area contributed by atoms with E-state index >= 15 is 0 Å². The maximum absolute atomic E-state index is 13.8. The summed E-state index contributed by atoms with van der Waals surface area (Å²) in [5.41, 5.74) is 5.84. The van der Waals surface area contributed by atoms with Crippen LogP contribution in [0.1, 0.15) is 32.3 Å². The zero-order valence-electron chi connectivity index (χ0n) is 19.2. The van der Waals surface area contributed by atoms with Gasteiger partial charge in [0.15, 0.2) is 22.6 Å². The van der Waals surface area contributed by atoms with E-state index in [4.69, 9.17) is 10.2 Å². The van der Waals surface area contributed by atoms with Gasteiger partial charge in [-0.05, 0) is 44.4 Å². The number of carbonyl (C=O) groups is 1. The van der Waals surface area contributed by atoms with E-state index in [1.165, 1.54) is 4.52 Å². The molecular formula is C24H24N8O3. The first kappa shape index (κ1) is 21.3. The summed E-state index contributed by atoms with van der Waals surface area (Å²) in [7, 11) is 0. The van der Waals surface area contributed by atoms with Gasteiger partial charge < -0.3 is 20.6 Å². The van der Waals surface area contributed by atoms with Gasteiger partial charge in [0.25, 0.3) is 5.91 Å². The predicted octanol–water partition coefficient (Wildman–Crippen LogP) is 2.11. The topological polar surface area (TPSA) is 149 Å². The van der Waals surface area contributed by atoms with Gasteiger partial charge in [0.05, 0.1) is 23.4 Å². The molecule has 6 rings (SSSR count). The first-order valence-corrected chi connectivity index (χ1v) is 11.3. The van der Waals surface area contributed by atoms with Crippen LogP contribution in [0.4, 0.5) is 5.95 Å². The maximum atomic E-state index is 13.8. The van der Waals surface area contributed by atoms with Crippen LogP contribution in [0.3, 0.4) is 0 Å². The van der Waals surface area contributed by atoms with Gasteiger partial charge in [-0.2, -0.15) is 14.6 Å². The van der Waals surface area contributed by atoms with Crippen molar-refractivity contribution < 1.29 is 14.3 Å². The quantitative estimate of drug-likeness (QED) is 0.352. The first-order chi connectivity index (χ1) is 16.8. The highest BCUT2D eigenvalue weighted by atomic mass is 16.3. The number of carbonyl (C=O) groups excluding carboxylic acids is 1. The van der Waals surface area contributed by atoms with E-state index in [9.17, 15) is 9.90 Å². The van der Waals surface area contributed by atoms with Crippen LogP contribution in [0, 0.1) is 0 Å². The Kier molecular flexibility index (Phi) is 4.49. The second-order valence-electron chi connectivity index (χ2n) is 9.43. The molecule has 11 heteroatoms. The van der Waals surface area contributed by atoms with Crippen LogP contribution < -0.4 is 11.1 Å². The molecule has 4 aromatic heterocycles. The number of rotatable bonds is 5. The third-order valence-corrected chi connectivity index (χ3v) is 6.68. The number of fused-ring (bicyclic) bond motifs is 3. The molecule has 4 N–H and O–H groups in total. The number of benzene rings is 1. The van der Waals surface area contributed by atoms with Crippen molar-refractivity contribution >= 4 is 28.5 Å². The molecule has 1 fully saturated rings. The molecule has 1 aliphatic carbocycles. The lowest BCUT2D eigenvalue weighted by Crippen LogP contribution is -2.58. The summed E-state index contributed by atoms with van der Waals surface area (Å²) in [6.07, 6.45) is 4.14. The summed E-state index contributed by atoms with van der Waals surface area (Å²) in [6.45, 7) is 3.56. The van der Waals surface area contributed by atoms with Gasteiger partial charge in [0.1, 0.15) is 0 Å². The van der Waals surface area contributed by atoms with E-state index in [-0.39, 0.29) is 17.9 Å². The van der Waals surface area contributed by atoms with Crippen molar-refractivity contribution in [3.63, 3.8) is 0 Å². The smallest absolute Gasteiger partial charge is 0.252 e. The number of nitrogens with one attached hydrogen (secondary N) is 1. The number of hydrogen-bond acceptors (Lipinski definition) is 8. The van der Waals surface area contributed by atoms with Gasteiger partial charge in [0.2, 0.25) is 11.8 Å². The SMILES string of the molecule is CC1(O)CC(NC(=O)C(C)(c2ccccc2)n2ncc3c2nc(N)n2nc(-c4ccco4)nc32)C1. The highest BCUT2D eigenvalue weighted by molar-refractivity contribution is 5.94. The van der Waals surface area contributed by atoms with E-state index in [0.29, 0.717) is 41.1 Å². The summed E-state index contributed by atoms with van der Waals surface area (Å²) < 4.78 is 8.43. The second-order valence-corrected chi connectivity index (χ2v) is 9.43. The van der Waals surface area contributed by atoms with Crippen molar-refractivity contribution in [1.82, 2.24) is 34.7 Å². The average molecular weight is 473 g/mol. The van der Waals surface area contributed by atoms with Crippen LogP contribution in [0.25, 0.3) is 28.3 Å². The second kappa shape index (κ2) is 7.37. The third kappa shape index (κ3) is 3.27. The number of aromatic nitrogens is 6. The van der Waals surface area contributed by atoms with Crippen molar-refractivity contribution in [3.8, 4) is 11.6 Å². The lowest BCUT2D eigenvalue weighted by Gasteiger charge is -2.42. The van der Waals surface area contributed by atoms with Crippen LogP contribution in [-0.2, 0) is 10.3 Å². The van der Waals surface area contributed by atoms with Crippen molar-refractivity contribution in [2.24, 2.45) is 0 Å².